The van der Waals surface area contributed by atoms with Gasteiger partial charge in [0.15, 0.2) is 6.61 Å². The van der Waals surface area contributed by atoms with Gasteiger partial charge in [-0.05, 0) is 37.8 Å². The molecule has 8 heteroatoms. The fraction of sp³-hybridized carbons (Fsp3) is 0.619. The van der Waals surface area contributed by atoms with E-state index in [1.807, 2.05) is 4.90 Å². The van der Waals surface area contributed by atoms with E-state index in [0.29, 0.717) is 5.69 Å². The average Bonchev–Trinajstić information content (AvgIpc) is 3.22. The molecule has 1 aliphatic heterocycles. The first-order valence-electron chi connectivity index (χ1n) is 10.5. The zero-order valence-electron chi connectivity index (χ0n) is 16.7. The third-order valence-electron chi connectivity index (χ3n) is 5.66. The number of anilines is 1. The van der Waals surface area contributed by atoms with Crippen molar-refractivity contribution in [1.82, 2.24) is 5.32 Å². The number of nitrogens with one attached hydrogen (secondary N) is 1. The highest BCUT2D eigenvalue weighted by Gasteiger charge is 2.24. The molecule has 1 aromatic rings. The van der Waals surface area contributed by atoms with Gasteiger partial charge in [-0.15, -0.1) is 0 Å². The summed E-state index contributed by atoms with van der Waals surface area (Å²) in [5.41, 5.74) is 0.491. The molecule has 2 fully saturated rings. The minimum atomic E-state index is -0.728. The van der Waals surface area contributed by atoms with Gasteiger partial charge in [-0.1, -0.05) is 32.1 Å². The minimum absolute atomic E-state index is 0.0819. The van der Waals surface area contributed by atoms with E-state index in [2.05, 4.69) is 5.32 Å². The standard InChI is InChI=1S/C21H29N3O5/c25-20(22-17-8-4-2-1-3-5-9-17)15-29-21(26)16-10-11-18(19(14-16)24(27)28)23-12-6-7-13-23/h10-11,14,17H,1-9,12-13,15H2,(H,22,25). The summed E-state index contributed by atoms with van der Waals surface area (Å²) in [5, 5.41) is 14.4. The van der Waals surface area contributed by atoms with Crippen molar-refractivity contribution >= 4 is 23.3 Å². The zero-order chi connectivity index (χ0) is 20.6. The van der Waals surface area contributed by atoms with E-state index in [-0.39, 0.29) is 29.8 Å². The van der Waals surface area contributed by atoms with Crippen LogP contribution in [0.3, 0.4) is 0 Å². The molecule has 1 amide bonds. The fourth-order valence-electron chi connectivity index (χ4n) is 4.11. The maximum atomic E-state index is 12.3. The monoisotopic (exact) mass is 403 g/mol. The van der Waals surface area contributed by atoms with E-state index in [0.717, 1.165) is 51.6 Å². The molecule has 29 heavy (non-hydrogen) atoms. The van der Waals surface area contributed by atoms with E-state index in [1.54, 1.807) is 6.07 Å². The van der Waals surface area contributed by atoms with Gasteiger partial charge in [0.05, 0.1) is 10.5 Å². The molecular weight excluding hydrogens is 374 g/mol. The third-order valence-corrected chi connectivity index (χ3v) is 5.66. The van der Waals surface area contributed by atoms with E-state index in [1.165, 1.54) is 31.4 Å². The Morgan fingerprint density at radius 2 is 1.72 bits per heavy atom. The van der Waals surface area contributed by atoms with Crippen LogP contribution >= 0.6 is 0 Å². The topological polar surface area (TPSA) is 102 Å². The SMILES string of the molecule is O=C(COC(=O)c1ccc(N2CCCC2)c([N+](=O)[O-])c1)NC1CCCCCCC1. The Bertz CT molecular complexity index is 738. The normalized spacial score (nSPS) is 18.0. The Kier molecular flexibility index (Phi) is 7.43. The molecule has 1 N–H and O–H groups in total. The summed E-state index contributed by atoms with van der Waals surface area (Å²) >= 11 is 0. The summed E-state index contributed by atoms with van der Waals surface area (Å²) in [6.07, 6.45) is 9.71. The van der Waals surface area contributed by atoms with Crippen molar-refractivity contribution in [3.63, 3.8) is 0 Å². The van der Waals surface area contributed by atoms with Gasteiger partial charge in [0.25, 0.3) is 11.6 Å². The lowest BCUT2D eigenvalue weighted by Crippen LogP contribution is -2.38. The van der Waals surface area contributed by atoms with Crippen LogP contribution in [0.1, 0.15) is 68.1 Å². The van der Waals surface area contributed by atoms with Crippen LogP contribution in [0.4, 0.5) is 11.4 Å². The second kappa shape index (κ2) is 10.2. The molecule has 0 radical (unpaired) electrons. The number of amides is 1. The molecule has 1 aliphatic carbocycles. The Balaban J connectivity index is 1.56. The third kappa shape index (κ3) is 5.92. The van der Waals surface area contributed by atoms with Crippen LogP contribution in [0, 0.1) is 10.1 Å². The number of hydrogen-bond donors (Lipinski definition) is 1. The zero-order valence-corrected chi connectivity index (χ0v) is 16.7. The Hall–Kier alpha value is -2.64. The molecule has 2 aliphatic rings. The number of rotatable bonds is 6. The first-order chi connectivity index (χ1) is 14.0. The van der Waals surface area contributed by atoms with Crippen LogP contribution < -0.4 is 10.2 Å². The first-order valence-corrected chi connectivity index (χ1v) is 10.5. The maximum absolute atomic E-state index is 12.3. The fourth-order valence-corrected chi connectivity index (χ4v) is 4.11. The van der Waals surface area contributed by atoms with Gasteiger partial charge < -0.3 is 15.0 Å². The van der Waals surface area contributed by atoms with E-state index >= 15 is 0 Å². The van der Waals surface area contributed by atoms with Gasteiger partial charge in [0.1, 0.15) is 5.69 Å². The van der Waals surface area contributed by atoms with Crippen molar-refractivity contribution < 1.29 is 19.2 Å². The molecule has 1 aromatic carbocycles. The molecule has 0 bridgehead atoms. The lowest BCUT2D eigenvalue weighted by molar-refractivity contribution is -0.384. The highest BCUT2D eigenvalue weighted by molar-refractivity contribution is 5.93. The van der Waals surface area contributed by atoms with Gasteiger partial charge in [0.2, 0.25) is 0 Å². The second-order valence-electron chi connectivity index (χ2n) is 7.84. The largest absolute Gasteiger partial charge is 0.452 e. The number of carbonyl (C=O) groups excluding carboxylic acids is 2. The first kappa shape index (κ1) is 21.1. The van der Waals surface area contributed by atoms with E-state index in [9.17, 15) is 19.7 Å². The van der Waals surface area contributed by atoms with Crippen molar-refractivity contribution in [3.8, 4) is 0 Å². The molecule has 158 valence electrons. The van der Waals surface area contributed by atoms with Crippen molar-refractivity contribution in [1.29, 1.82) is 0 Å². The molecule has 3 rings (SSSR count). The smallest absolute Gasteiger partial charge is 0.338 e. The van der Waals surface area contributed by atoms with Crippen LogP contribution in [0.25, 0.3) is 0 Å². The van der Waals surface area contributed by atoms with Crippen LogP contribution in [0.5, 0.6) is 0 Å². The van der Waals surface area contributed by atoms with Crippen molar-refractivity contribution in [3.05, 3.63) is 33.9 Å². The summed E-state index contributed by atoms with van der Waals surface area (Å²) in [5.74, 6) is -1.05. The Labute approximate surface area is 170 Å². The van der Waals surface area contributed by atoms with Crippen molar-refractivity contribution in [2.24, 2.45) is 0 Å². The number of hydrogen-bond acceptors (Lipinski definition) is 6. The van der Waals surface area contributed by atoms with Crippen LogP contribution in [-0.4, -0.2) is 42.5 Å². The van der Waals surface area contributed by atoms with Crippen LogP contribution in [-0.2, 0) is 9.53 Å². The molecule has 0 aromatic heterocycles. The van der Waals surface area contributed by atoms with Gasteiger partial charge in [-0.2, -0.15) is 0 Å². The number of nitro groups is 1. The second-order valence-corrected chi connectivity index (χ2v) is 7.84. The van der Waals surface area contributed by atoms with Gasteiger partial charge in [0, 0.05) is 25.2 Å². The summed E-state index contributed by atoms with van der Waals surface area (Å²) in [6.45, 7) is 1.16. The molecule has 1 saturated carbocycles. The van der Waals surface area contributed by atoms with Crippen molar-refractivity contribution in [2.75, 3.05) is 24.6 Å². The minimum Gasteiger partial charge on any atom is -0.452 e. The quantitative estimate of drug-likeness (QED) is 0.442. The summed E-state index contributed by atoms with van der Waals surface area (Å²) in [4.78, 5) is 37.4. The number of ether oxygens (including phenoxy) is 1. The molecule has 0 spiro atoms. The van der Waals surface area contributed by atoms with Gasteiger partial charge in [-0.3, -0.25) is 14.9 Å². The number of benzene rings is 1. The summed E-state index contributed by atoms with van der Waals surface area (Å²) < 4.78 is 5.10. The number of nitrogens with zero attached hydrogens (tertiary/aromatic N) is 2. The van der Waals surface area contributed by atoms with Crippen LogP contribution in [0.2, 0.25) is 0 Å². The van der Waals surface area contributed by atoms with Gasteiger partial charge >= 0.3 is 5.97 Å². The molecule has 8 nitrogen and oxygen atoms in total. The highest BCUT2D eigenvalue weighted by atomic mass is 16.6. The highest BCUT2D eigenvalue weighted by Crippen LogP contribution is 2.31. The maximum Gasteiger partial charge on any atom is 0.338 e. The van der Waals surface area contributed by atoms with Crippen molar-refractivity contribution in [2.45, 2.75) is 63.8 Å². The van der Waals surface area contributed by atoms with Crippen LogP contribution in [0.15, 0.2) is 18.2 Å². The van der Waals surface area contributed by atoms with E-state index < -0.39 is 10.9 Å². The Morgan fingerprint density at radius 3 is 2.38 bits per heavy atom. The lowest BCUT2D eigenvalue weighted by atomic mass is 9.97. The number of carbonyl (C=O) groups is 2. The molecular formula is C21H29N3O5. The summed E-state index contributed by atoms with van der Waals surface area (Å²) in [7, 11) is 0. The molecule has 1 saturated heterocycles. The van der Waals surface area contributed by atoms with Gasteiger partial charge in [-0.25, -0.2) is 4.79 Å². The summed E-state index contributed by atoms with van der Waals surface area (Å²) in [6, 6.07) is 4.48. The molecule has 1 heterocycles. The Morgan fingerprint density at radius 1 is 1.07 bits per heavy atom. The molecule has 0 atom stereocenters. The molecule has 0 unspecified atom stereocenters. The van der Waals surface area contributed by atoms with E-state index in [4.69, 9.17) is 4.74 Å². The lowest BCUT2D eigenvalue weighted by Gasteiger charge is -2.21. The average molecular weight is 403 g/mol. The predicted octanol–water partition coefficient (Wildman–Crippen LogP) is 3.58. The number of nitro benzene ring substituents is 1. The number of esters is 1. The predicted molar refractivity (Wildman–Crippen MR) is 109 cm³/mol.